The van der Waals surface area contributed by atoms with Gasteiger partial charge in [-0.15, -0.1) is 0 Å². The Labute approximate surface area is 235 Å². The van der Waals surface area contributed by atoms with Gasteiger partial charge in [-0.3, -0.25) is 28.5 Å². The summed E-state index contributed by atoms with van der Waals surface area (Å²) < 4.78 is 16.3. The van der Waals surface area contributed by atoms with E-state index in [1.807, 2.05) is 19.1 Å². The Kier molecular flexibility index (Phi) is 7.69. The van der Waals surface area contributed by atoms with Gasteiger partial charge in [0.2, 0.25) is 23.6 Å². The maximum atomic E-state index is 15.0. The first-order valence-corrected chi connectivity index (χ1v) is 13.4. The number of carbonyl (C=O) groups excluding carboxylic acids is 4. The van der Waals surface area contributed by atoms with Crippen LogP contribution in [0.3, 0.4) is 0 Å². The highest BCUT2D eigenvalue weighted by Crippen LogP contribution is 2.49. The number of nitrogens with one attached hydrogen (secondary N) is 2. The molecule has 0 radical (unpaired) electrons. The number of hydrogen-bond donors (Lipinski definition) is 3. The molecule has 2 aromatic carbocycles. The van der Waals surface area contributed by atoms with E-state index in [-0.39, 0.29) is 28.8 Å². The summed E-state index contributed by atoms with van der Waals surface area (Å²) in [5.74, 6) is -5.93. The number of anilines is 2. The third-order valence-corrected chi connectivity index (χ3v) is 7.75. The summed E-state index contributed by atoms with van der Waals surface area (Å²) in [4.78, 5) is 65.2. The van der Waals surface area contributed by atoms with Crippen molar-refractivity contribution in [3.8, 4) is 5.69 Å². The topological polar surface area (TPSA) is 144 Å². The second-order valence-electron chi connectivity index (χ2n) is 10.5. The Bertz CT molecular complexity index is 1560. The van der Waals surface area contributed by atoms with Crippen molar-refractivity contribution in [3.05, 3.63) is 88.6 Å². The summed E-state index contributed by atoms with van der Waals surface area (Å²) in [5.41, 5.74) is 6.73. The summed E-state index contributed by atoms with van der Waals surface area (Å²) in [6, 6.07) is 15.6. The molecule has 1 aliphatic carbocycles. The molecule has 1 aliphatic heterocycles. The SMILES string of the molecule is Cc1ccc(NC(=O)[C@@H]2[C@H](C(=O)Nc3ccc(-n4ccccc4=O)cc3F)[C@H]2C(=O)N2CCC(C(N)=O)CC2)cc1. The van der Waals surface area contributed by atoms with Crippen molar-refractivity contribution in [1.82, 2.24) is 9.47 Å². The molecule has 3 atom stereocenters. The van der Waals surface area contributed by atoms with E-state index in [4.69, 9.17) is 5.73 Å². The largest absolute Gasteiger partial charge is 0.369 e. The van der Waals surface area contributed by atoms with Crippen molar-refractivity contribution < 1.29 is 23.6 Å². The zero-order valence-electron chi connectivity index (χ0n) is 22.4. The van der Waals surface area contributed by atoms with Crippen molar-refractivity contribution in [2.45, 2.75) is 19.8 Å². The van der Waals surface area contributed by atoms with Gasteiger partial charge in [0.15, 0.2) is 0 Å². The van der Waals surface area contributed by atoms with E-state index in [0.29, 0.717) is 31.6 Å². The summed E-state index contributed by atoms with van der Waals surface area (Å²) in [6.07, 6.45) is 2.32. The van der Waals surface area contributed by atoms with Crippen molar-refractivity contribution in [1.29, 1.82) is 0 Å². The van der Waals surface area contributed by atoms with Crippen LogP contribution in [0.4, 0.5) is 15.8 Å². The van der Waals surface area contributed by atoms with Gasteiger partial charge < -0.3 is 21.3 Å². The number of rotatable bonds is 7. The van der Waals surface area contributed by atoms with Crippen molar-refractivity contribution in [2.75, 3.05) is 23.7 Å². The van der Waals surface area contributed by atoms with E-state index < -0.39 is 41.3 Å². The molecule has 41 heavy (non-hydrogen) atoms. The molecule has 4 amide bonds. The number of halogens is 1. The number of pyridine rings is 1. The Morgan fingerprint density at radius 3 is 2.15 bits per heavy atom. The van der Waals surface area contributed by atoms with Crippen LogP contribution in [0.5, 0.6) is 0 Å². The molecule has 1 saturated heterocycles. The lowest BCUT2D eigenvalue weighted by Crippen LogP contribution is -2.43. The highest BCUT2D eigenvalue weighted by molar-refractivity contribution is 6.09. The first kappa shape index (κ1) is 27.8. The number of carbonyl (C=O) groups is 4. The van der Waals surface area contributed by atoms with Crippen LogP contribution in [0.15, 0.2) is 71.7 Å². The number of hydrogen-bond acceptors (Lipinski definition) is 5. The fourth-order valence-electron chi connectivity index (χ4n) is 5.34. The summed E-state index contributed by atoms with van der Waals surface area (Å²) in [5, 5.41) is 5.29. The number of primary amides is 1. The molecule has 2 heterocycles. The standard InChI is InChI=1S/C30H30FN5O5/c1-17-5-7-19(8-6-17)33-28(39)24-25(26(24)30(41)35-14-11-18(12-15-35)27(32)38)29(40)34-22-10-9-20(16-21(22)31)36-13-3-2-4-23(36)37/h2-10,13,16,18,24-26H,11-12,14-15H2,1H3,(H2,32,38)(H,33,39)(H,34,40)/t24-,25+,26+/m1/s1. The van der Waals surface area contributed by atoms with Crippen LogP contribution in [0.25, 0.3) is 5.69 Å². The van der Waals surface area contributed by atoms with Crippen LogP contribution in [-0.2, 0) is 19.2 Å². The first-order valence-electron chi connectivity index (χ1n) is 13.4. The second kappa shape index (κ2) is 11.4. The molecule has 0 spiro atoms. The molecule has 0 bridgehead atoms. The quantitative estimate of drug-likeness (QED) is 0.408. The normalized spacial score (nSPS) is 20.2. The van der Waals surface area contributed by atoms with E-state index in [2.05, 4.69) is 10.6 Å². The van der Waals surface area contributed by atoms with Gasteiger partial charge in [0.25, 0.3) is 5.56 Å². The van der Waals surface area contributed by atoms with Crippen LogP contribution in [-0.4, -0.2) is 46.2 Å². The Balaban J connectivity index is 1.34. The van der Waals surface area contributed by atoms with E-state index in [1.165, 1.54) is 29.0 Å². The molecule has 1 saturated carbocycles. The number of likely N-dealkylation sites (tertiary alicyclic amines) is 1. The molecule has 5 rings (SSSR count). The van der Waals surface area contributed by atoms with Crippen LogP contribution >= 0.6 is 0 Å². The van der Waals surface area contributed by atoms with E-state index in [0.717, 1.165) is 11.6 Å². The number of aromatic nitrogens is 1. The van der Waals surface area contributed by atoms with E-state index in [1.54, 1.807) is 29.2 Å². The van der Waals surface area contributed by atoms with Gasteiger partial charge >= 0.3 is 0 Å². The molecule has 1 aromatic heterocycles. The van der Waals surface area contributed by atoms with Gasteiger partial charge in [0.05, 0.1) is 29.1 Å². The molecule has 2 aliphatic rings. The monoisotopic (exact) mass is 559 g/mol. The predicted octanol–water partition coefficient (Wildman–Crippen LogP) is 2.45. The van der Waals surface area contributed by atoms with Crippen LogP contribution in [0.2, 0.25) is 0 Å². The van der Waals surface area contributed by atoms with Crippen molar-refractivity contribution in [2.24, 2.45) is 29.4 Å². The van der Waals surface area contributed by atoms with Crippen LogP contribution in [0, 0.1) is 36.4 Å². The zero-order valence-corrected chi connectivity index (χ0v) is 22.4. The Morgan fingerprint density at radius 2 is 1.54 bits per heavy atom. The Hall–Kier alpha value is -4.80. The third kappa shape index (κ3) is 5.88. The second-order valence-corrected chi connectivity index (χ2v) is 10.5. The fourth-order valence-corrected chi connectivity index (χ4v) is 5.34. The number of nitrogens with two attached hydrogens (primary N) is 1. The van der Waals surface area contributed by atoms with Crippen LogP contribution in [0.1, 0.15) is 18.4 Å². The van der Waals surface area contributed by atoms with Crippen molar-refractivity contribution >= 4 is 35.0 Å². The molecule has 2 fully saturated rings. The van der Waals surface area contributed by atoms with Gasteiger partial charge in [-0.2, -0.15) is 0 Å². The van der Waals surface area contributed by atoms with Gasteiger partial charge in [0, 0.05) is 43.0 Å². The third-order valence-electron chi connectivity index (χ3n) is 7.75. The fraction of sp³-hybridized carbons (Fsp3) is 0.300. The molecule has 212 valence electrons. The highest BCUT2D eigenvalue weighted by Gasteiger charge is 2.63. The first-order chi connectivity index (χ1) is 19.6. The molecule has 0 unspecified atom stereocenters. The van der Waals surface area contributed by atoms with Crippen LogP contribution < -0.4 is 21.9 Å². The maximum Gasteiger partial charge on any atom is 0.255 e. The molecule has 3 aromatic rings. The van der Waals surface area contributed by atoms with E-state index >= 15 is 4.39 Å². The number of benzene rings is 2. The summed E-state index contributed by atoms with van der Waals surface area (Å²) >= 11 is 0. The number of nitrogens with zero attached hydrogens (tertiary/aromatic N) is 2. The van der Waals surface area contributed by atoms with E-state index in [9.17, 15) is 24.0 Å². The number of aryl methyl sites for hydroxylation is 1. The predicted molar refractivity (Wildman–Crippen MR) is 149 cm³/mol. The smallest absolute Gasteiger partial charge is 0.255 e. The minimum absolute atomic E-state index is 0.138. The van der Waals surface area contributed by atoms with Gasteiger partial charge in [0.1, 0.15) is 5.82 Å². The molecular formula is C30H30FN5O5. The molecule has 10 nitrogen and oxygen atoms in total. The lowest BCUT2D eigenvalue weighted by atomic mass is 9.96. The van der Waals surface area contributed by atoms with Gasteiger partial charge in [-0.25, -0.2) is 4.39 Å². The average Bonchev–Trinajstić information content (AvgIpc) is 3.71. The maximum absolute atomic E-state index is 15.0. The van der Waals surface area contributed by atoms with Crippen molar-refractivity contribution in [3.63, 3.8) is 0 Å². The Morgan fingerprint density at radius 1 is 0.878 bits per heavy atom. The van der Waals surface area contributed by atoms with Gasteiger partial charge in [-0.1, -0.05) is 23.8 Å². The molecular weight excluding hydrogens is 529 g/mol. The lowest BCUT2D eigenvalue weighted by molar-refractivity contribution is -0.137. The molecule has 11 heteroatoms. The minimum Gasteiger partial charge on any atom is -0.369 e. The summed E-state index contributed by atoms with van der Waals surface area (Å²) in [6.45, 7) is 2.49. The van der Waals surface area contributed by atoms with Gasteiger partial charge in [-0.05, 0) is 50.1 Å². The average molecular weight is 560 g/mol. The molecule has 4 N–H and O–H groups in total. The zero-order chi connectivity index (χ0) is 29.3. The number of amides is 4. The summed E-state index contributed by atoms with van der Waals surface area (Å²) in [7, 11) is 0. The highest BCUT2D eigenvalue weighted by atomic mass is 19.1. The minimum atomic E-state index is -1.02. The lowest BCUT2D eigenvalue weighted by Gasteiger charge is -2.30. The number of piperidine rings is 1.